The van der Waals surface area contributed by atoms with Gasteiger partial charge in [-0.25, -0.2) is 4.79 Å². The van der Waals surface area contributed by atoms with E-state index in [1.807, 2.05) is 6.92 Å². The van der Waals surface area contributed by atoms with Crippen LogP contribution in [0.15, 0.2) is 24.3 Å². The monoisotopic (exact) mass is 280 g/mol. The Kier molecular flexibility index (Phi) is 4.85. The maximum absolute atomic E-state index is 11.5. The minimum Gasteiger partial charge on any atom is -0.480 e. The number of carboxylic acids is 3. The molecule has 0 saturated carbocycles. The molecule has 0 saturated heterocycles. The van der Waals surface area contributed by atoms with Crippen molar-refractivity contribution in [2.45, 2.75) is 31.6 Å². The Hall–Kier alpha value is -2.37. The summed E-state index contributed by atoms with van der Waals surface area (Å²) < 4.78 is 0. The minimum absolute atomic E-state index is 0.0195. The SMILES string of the molecule is CCCCC(C(=O)O)(C(=O)O)c1ccc(C(=O)O)cc1. The average Bonchev–Trinajstić information content (AvgIpc) is 2.39. The summed E-state index contributed by atoms with van der Waals surface area (Å²) in [4.78, 5) is 33.8. The summed E-state index contributed by atoms with van der Waals surface area (Å²) in [5.41, 5.74) is -1.97. The summed E-state index contributed by atoms with van der Waals surface area (Å²) >= 11 is 0. The predicted octanol–water partition coefficient (Wildman–Crippen LogP) is 1.98. The second-order valence-electron chi connectivity index (χ2n) is 4.50. The zero-order chi connectivity index (χ0) is 15.3. The number of carboxylic acid groups (broad SMARTS) is 3. The van der Waals surface area contributed by atoms with Gasteiger partial charge in [0.25, 0.3) is 0 Å². The van der Waals surface area contributed by atoms with Gasteiger partial charge in [0.2, 0.25) is 0 Å². The van der Waals surface area contributed by atoms with Crippen molar-refractivity contribution in [2.75, 3.05) is 0 Å². The van der Waals surface area contributed by atoms with Gasteiger partial charge < -0.3 is 15.3 Å². The van der Waals surface area contributed by atoms with E-state index in [-0.39, 0.29) is 17.5 Å². The fourth-order valence-corrected chi connectivity index (χ4v) is 2.04. The first kappa shape index (κ1) is 15.7. The van der Waals surface area contributed by atoms with E-state index < -0.39 is 23.3 Å². The van der Waals surface area contributed by atoms with E-state index in [0.29, 0.717) is 12.8 Å². The molecule has 0 bridgehead atoms. The van der Waals surface area contributed by atoms with Crippen LogP contribution < -0.4 is 0 Å². The Balaban J connectivity index is 3.32. The summed E-state index contributed by atoms with van der Waals surface area (Å²) in [6, 6.07) is 4.93. The lowest BCUT2D eigenvalue weighted by Gasteiger charge is -2.25. The number of benzene rings is 1. The van der Waals surface area contributed by atoms with Crippen molar-refractivity contribution in [3.63, 3.8) is 0 Å². The first-order valence-electron chi connectivity index (χ1n) is 6.17. The highest BCUT2D eigenvalue weighted by Gasteiger charge is 2.47. The van der Waals surface area contributed by atoms with Crippen molar-refractivity contribution in [1.29, 1.82) is 0 Å². The maximum Gasteiger partial charge on any atom is 0.335 e. The summed E-state index contributed by atoms with van der Waals surface area (Å²) in [5, 5.41) is 27.5. The Labute approximate surface area is 115 Å². The number of unbranched alkanes of at least 4 members (excludes halogenated alkanes) is 1. The Morgan fingerprint density at radius 3 is 1.85 bits per heavy atom. The van der Waals surface area contributed by atoms with Gasteiger partial charge in [0.05, 0.1) is 5.56 Å². The zero-order valence-electron chi connectivity index (χ0n) is 11.0. The van der Waals surface area contributed by atoms with Crippen LogP contribution in [0.1, 0.15) is 42.1 Å². The molecule has 1 rings (SSSR count). The summed E-state index contributed by atoms with van der Waals surface area (Å²) in [7, 11) is 0. The fraction of sp³-hybridized carbons (Fsp3) is 0.357. The Bertz CT molecular complexity index is 503. The van der Waals surface area contributed by atoms with E-state index in [4.69, 9.17) is 5.11 Å². The molecule has 0 aliphatic carbocycles. The van der Waals surface area contributed by atoms with Gasteiger partial charge in [-0.2, -0.15) is 0 Å². The number of aliphatic carboxylic acids is 2. The van der Waals surface area contributed by atoms with Crippen LogP contribution in [-0.4, -0.2) is 33.2 Å². The van der Waals surface area contributed by atoms with Crippen LogP contribution in [0.2, 0.25) is 0 Å². The normalized spacial score (nSPS) is 11.1. The number of hydrogen-bond acceptors (Lipinski definition) is 3. The van der Waals surface area contributed by atoms with Gasteiger partial charge in [0.1, 0.15) is 0 Å². The molecule has 0 aliphatic rings. The van der Waals surface area contributed by atoms with E-state index in [2.05, 4.69) is 0 Å². The lowest BCUT2D eigenvalue weighted by molar-refractivity contribution is -0.158. The molecule has 108 valence electrons. The van der Waals surface area contributed by atoms with Crippen molar-refractivity contribution < 1.29 is 29.7 Å². The van der Waals surface area contributed by atoms with Crippen molar-refractivity contribution in [1.82, 2.24) is 0 Å². The molecule has 6 nitrogen and oxygen atoms in total. The van der Waals surface area contributed by atoms with Gasteiger partial charge in [0.15, 0.2) is 5.41 Å². The van der Waals surface area contributed by atoms with Crippen molar-refractivity contribution >= 4 is 17.9 Å². The molecule has 0 atom stereocenters. The molecular weight excluding hydrogens is 264 g/mol. The Morgan fingerprint density at radius 2 is 1.50 bits per heavy atom. The molecule has 0 amide bonds. The molecule has 0 unspecified atom stereocenters. The molecule has 0 fully saturated rings. The maximum atomic E-state index is 11.5. The van der Waals surface area contributed by atoms with Crippen LogP contribution in [0, 0.1) is 0 Å². The van der Waals surface area contributed by atoms with Crippen molar-refractivity contribution in [2.24, 2.45) is 0 Å². The van der Waals surface area contributed by atoms with E-state index in [9.17, 15) is 24.6 Å². The van der Waals surface area contributed by atoms with Gasteiger partial charge in [0, 0.05) is 0 Å². The van der Waals surface area contributed by atoms with Gasteiger partial charge in [-0.05, 0) is 24.1 Å². The zero-order valence-corrected chi connectivity index (χ0v) is 11.0. The lowest BCUT2D eigenvalue weighted by Crippen LogP contribution is -2.43. The molecule has 3 N–H and O–H groups in total. The quantitative estimate of drug-likeness (QED) is 0.658. The van der Waals surface area contributed by atoms with Crippen LogP contribution in [0.5, 0.6) is 0 Å². The fourth-order valence-electron chi connectivity index (χ4n) is 2.04. The van der Waals surface area contributed by atoms with Crippen LogP contribution in [0.3, 0.4) is 0 Å². The van der Waals surface area contributed by atoms with Gasteiger partial charge in [-0.1, -0.05) is 31.9 Å². The standard InChI is InChI=1S/C14H16O6/c1-2-3-8-14(12(17)18,13(19)20)10-6-4-9(5-7-10)11(15)16/h4-7H,2-3,8H2,1H3,(H,15,16)(H,17,18)(H,19,20). The topological polar surface area (TPSA) is 112 Å². The number of hydrogen-bond donors (Lipinski definition) is 3. The van der Waals surface area contributed by atoms with Crippen molar-refractivity contribution in [3.05, 3.63) is 35.4 Å². The van der Waals surface area contributed by atoms with Crippen molar-refractivity contribution in [3.8, 4) is 0 Å². The lowest BCUT2D eigenvalue weighted by atomic mass is 9.76. The molecule has 6 heteroatoms. The molecule has 0 radical (unpaired) electrons. The second kappa shape index (κ2) is 6.18. The number of aromatic carboxylic acids is 1. The largest absolute Gasteiger partial charge is 0.480 e. The average molecular weight is 280 g/mol. The third kappa shape index (κ3) is 2.79. The van der Waals surface area contributed by atoms with Gasteiger partial charge >= 0.3 is 17.9 Å². The highest BCUT2D eigenvalue weighted by molar-refractivity contribution is 6.04. The molecule has 20 heavy (non-hydrogen) atoms. The van der Waals surface area contributed by atoms with Crippen LogP contribution >= 0.6 is 0 Å². The van der Waals surface area contributed by atoms with Crippen LogP contribution in [-0.2, 0) is 15.0 Å². The summed E-state index contributed by atoms with van der Waals surface area (Å²) in [6.45, 7) is 1.84. The smallest absolute Gasteiger partial charge is 0.335 e. The van der Waals surface area contributed by atoms with E-state index in [1.54, 1.807) is 0 Å². The first-order valence-corrected chi connectivity index (χ1v) is 6.17. The molecule has 0 aromatic heterocycles. The molecule has 0 spiro atoms. The minimum atomic E-state index is -2.03. The summed E-state index contributed by atoms with van der Waals surface area (Å²) in [5.74, 6) is -4.04. The molecule has 0 aliphatic heterocycles. The first-order chi connectivity index (χ1) is 9.36. The van der Waals surface area contributed by atoms with E-state index >= 15 is 0 Å². The van der Waals surface area contributed by atoms with Gasteiger partial charge in [-0.15, -0.1) is 0 Å². The highest BCUT2D eigenvalue weighted by Crippen LogP contribution is 2.31. The third-order valence-corrected chi connectivity index (χ3v) is 3.26. The third-order valence-electron chi connectivity index (χ3n) is 3.26. The van der Waals surface area contributed by atoms with E-state index in [0.717, 1.165) is 0 Å². The summed E-state index contributed by atoms with van der Waals surface area (Å²) in [6.07, 6.45) is 1.06. The van der Waals surface area contributed by atoms with Crippen LogP contribution in [0.4, 0.5) is 0 Å². The molecule has 1 aromatic rings. The Morgan fingerprint density at radius 1 is 1.00 bits per heavy atom. The molecular formula is C14H16O6. The van der Waals surface area contributed by atoms with E-state index in [1.165, 1.54) is 24.3 Å². The van der Waals surface area contributed by atoms with Gasteiger partial charge in [-0.3, -0.25) is 9.59 Å². The number of carbonyl (C=O) groups is 3. The number of rotatable bonds is 7. The molecule has 0 heterocycles. The predicted molar refractivity (Wildman–Crippen MR) is 69.9 cm³/mol. The second-order valence-corrected chi connectivity index (χ2v) is 4.50. The van der Waals surface area contributed by atoms with Crippen LogP contribution in [0.25, 0.3) is 0 Å². The highest BCUT2D eigenvalue weighted by atomic mass is 16.4. The molecule has 1 aromatic carbocycles.